The van der Waals surface area contributed by atoms with Crippen LogP contribution in [0.4, 0.5) is 0 Å². The topological polar surface area (TPSA) is 56.8 Å². The Kier molecular flexibility index (Phi) is 6.96. The van der Waals surface area contributed by atoms with Crippen LogP contribution in [0.2, 0.25) is 5.02 Å². The quantitative estimate of drug-likeness (QED) is 0.721. The number of amides is 1. The average Bonchev–Trinajstić information content (AvgIpc) is 2.58. The Hall–Kier alpha value is -1.92. The van der Waals surface area contributed by atoms with E-state index in [2.05, 4.69) is 21.2 Å². The molecule has 2 aromatic rings. The molecule has 2 rings (SSSR count). The smallest absolute Gasteiger partial charge is 0.258 e. The van der Waals surface area contributed by atoms with Gasteiger partial charge in [0.05, 0.1) is 19.2 Å². The molecule has 0 aromatic heterocycles. The lowest BCUT2D eigenvalue weighted by Crippen LogP contribution is -2.28. The van der Waals surface area contributed by atoms with Gasteiger partial charge in [-0.25, -0.2) is 0 Å². The summed E-state index contributed by atoms with van der Waals surface area (Å²) in [5.41, 5.74) is 1.75. The van der Waals surface area contributed by atoms with Crippen molar-refractivity contribution in [2.24, 2.45) is 0 Å². The van der Waals surface area contributed by atoms with Crippen molar-refractivity contribution in [3.8, 4) is 17.2 Å². The minimum Gasteiger partial charge on any atom is -0.493 e. The number of hydrogen-bond donors (Lipinski definition) is 1. The van der Waals surface area contributed by atoms with Crippen molar-refractivity contribution in [1.82, 2.24) is 5.32 Å². The Bertz CT molecular complexity index is 744. The predicted molar refractivity (Wildman–Crippen MR) is 101 cm³/mol. The van der Waals surface area contributed by atoms with Gasteiger partial charge in [-0.1, -0.05) is 33.6 Å². The fraction of sp³-hybridized carbons (Fsp3) is 0.278. The van der Waals surface area contributed by atoms with Crippen LogP contribution in [0.1, 0.15) is 11.1 Å². The van der Waals surface area contributed by atoms with E-state index < -0.39 is 0 Å². The molecule has 25 heavy (non-hydrogen) atoms. The van der Waals surface area contributed by atoms with Crippen molar-refractivity contribution in [3.63, 3.8) is 0 Å². The first-order valence-electron chi connectivity index (χ1n) is 7.50. The van der Waals surface area contributed by atoms with E-state index in [0.717, 1.165) is 15.6 Å². The molecule has 0 saturated carbocycles. The number of halogens is 2. The summed E-state index contributed by atoms with van der Waals surface area (Å²) < 4.78 is 16.8. The SMILES string of the molecule is COc1ccc(CNC(=O)COc2c(C)cc(Br)cc2Cl)cc1OC. The molecule has 0 spiro atoms. The third kappa shape index (κ3) is 5.28. The van der Waals surface area contributed by atoms with Gasteiger partial charge in [0.2, 0.25) is 0 Å². The van der Waals surface area contributed by atoms with Gasteiger partial charge >= 0.3 is 0 Å². The highest BCUT2D eigenvalue weighted by Crippen LogP contribution is 2.32. The number of methoxy groups -OCH3 is 2. The zero-order valence-corrected chi connectivity index (χ0v) is 16.5. The van der Waals surface area contributed by atoms with Crippen LogP contribution < -0.4 is 19.5 Å². The Labute approximate surface area is 160 Å². The minimum absolute atomic E-state index is 0.116. The summed E-state index contributed by atoms with van der Waals surface area (Å²) in [6, 6.07) is 9.07. The Morgan fingerprint density at radius 2 is 1.88 bits per heavy atom. The zero-order valence-electron chi connectivity index (χ0n) is 14.2. The van der Waals surface area contributed by atoms with E-state index in [4.69, 9.17) is 25.8 Å². The molecule has 7 heteroatoms. The summed E-state index contributed by atoms with van der Waals surface area (Å²) in [6.07, 6.45) is 0. The second-order valence-electron chi connectivity index (χ2n) is 5.29. The molecule has 134 valence electrons. The molecule has 0 atom stereocenters. The lowest BCUT2D eigenvalue weighted by molar-refractivity contribution is -0.123. The van der Waals surface area contributed by atoms with E-state index in [1.165, 1.54) is 0 Å². The number of ether oxygens (including phenoxy) is 3. The van der Waals surface area contributed by atoms with Crippen molar-refractivity contribution >= 4 is 33.4 Å². The maximum absolute atomic E-state index is 12.0. The highest BCUT2D eigenvalue weighted by Gasteiger charge is 2.10. The van der Waals surface area contributed by atoms with Crippen molar-refractivity contribution in [2.45, 2.75) is 13.5 Å². The molecule has 0 bridgehead atoms. The fourth-order valence-electron chi connectivity index (χ4n) is 2.25. The molecular formula is C18H19BrClNO4. The Balaban J connectivity index is 1.91. The van der Waals surface area contributed by atoms with Gasteiger partial charge < -0.3 is 19.5 Å². The fourth-order valence-corrected chi connectivity index (χ4v) is 3.28. The second kappa shape index (κ2) is 8.97. The molecule has 2 aromatic carbocycles. The van der Waals surface area contributed by atoms with E-state index in [1.54, 1.807) is 26.4 Å². The third-order valence-electron chi connectivity index (χ3n) is 3.48. The van der Waals surface area contributed by atoms with Gasteiger partial charge in [0, 0.05) is 11.0 Å². The number of carbonyl (C=O) groups is 1. The predicted octanol–water partition coefficient (Wildman–Crippen LogP) is 4.12. The molecular weight excluding hydrogens is 410 g/mol. The van der Waals surface area contributed by atoms with Crippen molar-refractivity contribution < 1.29 is 19.0 Å². The van der Waals surface area contributed by atoms with Crippen LogP contribution >= 0.6 is 27.5 Å². The summed E-state index contributed by atoms with van der Waals surface area (Å²) in [5.74, 6) is 1.52. The summed E-state index contributed by atoms with van der Waals surface area (Å²) >= 11 is 9.50. The van der Waals surface area contributed by atoms with Crippen LogP contribution in [-0.2, 0) is 11.3 Å². The first kappa shape index (κ1) is 19.4. The number of aryl methyl sites for hydroxylation is 1. The molecule has 1 amide bonds. The summed E-state index contributed by atoms with van der Waals surface area (Å²) in [5, 5.41) is 3.25. The highest BCUT2D eigenvalue weighted by atomic mass is 79.9. The summed E-state index contributed by atoms with van der Waals surface area (Å²) in [7, 11) is 3.14. The van der Waals surface area contributed by atoms with E-state index in [-0.39, 0.29) is 12.5 Å². The standard InChI is InChI=1S/C18H19BrClNO4/c1-11-6-13(19)8-14(20)18(11)25-10-17(22)21-9-12-4-5-15(23-2)16(7-12)24-3/h4-8H,9-10H2,1-3H3,(H,21,22). The third-order valence-corrected chi connectivity index (χ3v) is 4.22. The van der Waals surface area contributed by atoms with Crippen molar-refractivity contribution in [3.05, 3.63) is 51.0 Å². The first-order chi connectivity index (χ1) is 11.9. The molecule has 1 N–H and O–H groups in total. The number of hydrogen-bond acceptors (Lipinski definition) is 4. The molecule has 5 nitrogen and oxygen atoms in total. The van der Waals surface area contributed by atoms with Gasteiger partial charge in [-0.3, -0.25) is 4.79 Å². The number of nitrogens with one attached hydrogen (secondary N) is 1. The van der Waals surface area contributed by atoms with Gasteiger partial charge in [-0.05, 0) is 42.3 Å². The van der Waals surface area contributed by atoms with E-state index in [1.807, 2.05) is 25.1 Å². The van der Waals surface area contributed by atoms with Crippen LogP contribution in [0.3, 0.4) is 0 Å². The summed E-state index contributed by atoms with van der Waals surface area (Å²) in [4.78, 5) is 12.0. The number of benzene rings is 2. The molecule has 0 aliphatic heterocycles. The largest absolute Gasteiger partial charge is 0.493 e. The van der Waals surface area contributed by atoms with E-state index in [9.17, 15) is 4.79 Å². The lowest BCUT2D eigenvalue weighted by atomic mass is 10.2. The minimum atomic E-state index is -0.242. The normalized spacial score (nSPS) is 10.3. The van der Waals surface area contributed by atoms with Gasteiger partial charge in [-0.15, -0.1) is 0 Å². The van der Waals surface area contributed by atoms with Crippen LogP contribution in [0, 0.1) is 6.92 Å². The maximum Gasteiger partial charge on any atom is 0.258 e. The van der Waals surface area contributed by atoms with Crippen LogP contribution in [-0.4, -0.2) is 26.7 Å². The molecule has 0 unspecified atom stereocenters. The van der Waals surface area contributed by atoms with E-state index in [0.29, 0.717) is 28.8 Å². The molecule has 0 heterocycles. The molecule has 0 radical (unpaired) electrons. The first-order valence-corrected chi connectivity index (χ1v) is 8.67. The second-order valence-corrected chi connectivity index (χ2v) is 6.61. The van der Waals surface area contributed by atoms with Gasteiger partial charge in [0.1, 0.15) is 5.75 Å². The average molecular weight is 429 g/mol. The summed E-state index contributed by atoms with van der Waals surface area (Å²) in [6.45, 7) is 2.11. The maximum atomic E-state index is 12.0. The van der Waals surface area contributed by atoms with Gasteiger partial charge in [0.25, 0.3) is 5.91 Å². The Morgan fingerprint density at radius 3 is 2.52 bits per heavy atom. The molecule has 0 fully saturated rings. The van der Waals surface area contributed by atoms with Crippen molar-refractivity contribution in [2.75, 3.05) is 20.8 Å². The Morgan fingerprint density at radius 1 is 1.16 bits per heavy atom. The van der Waals surface area contributed by atoms with E-state index >= 15 is 0 Å². The van der Waals surface area contributed by atoms with Crippen LogP contribution in [0.5, 0.6) is 17.2 Å². The van der Waals surface area contributed by atoms with Gasteiger partial charge in [-0.2, -0.15) is 0 Å². The molecule has 0 aliphatic rings. The van der Waals surface area contributed by atoms with Crippen LogP contribution in [0.25, 0.3) is 0 Å². The van der Waals surface area contributed by atoms with Crippen LogP contribution in [0.15, 0.2) is 34.8 Å². The highest BCUT2D eigenvalue weighted by molar-refractivity contribution is 9.10. The van der Waals surface area contributed by atoms with Crippen molar-refractivity contribution in [1.29, 1.82) is 0 Å². The van der Waals surface area contributed by atoms with Gasteiger partial charge in [0.15, 0.2) is 18.1 Å². The monoisotopic (exact) mass is 427 g/mol. The molecule has 0 saturated heterocycles. The lowest BCUT2D eigenvalue weighted by Gasteiger charge is -2.12. The number of rotatable bonds is 7. The number of carbonyl (C=O) groups excluding carboxylic acids is 1. The zero-order chi connectivity index (χ0) is 18.4. The molecule has 0 aliphatic carbocycles.